The van der Waals surface area contributed by atoms with E-state index in [2.05, 4.69) is 22.7 Å². The quantitative estimate of drug-likeness (QED) is 0.466. The molecule has 1 aromatic carbocycles. The topological polar surface area (TPSA) is 127 Å². The lowest BCUT2D eigenvalue weighted by atomic mass is 10.0. The van der Waals surface area contributed by atoms with Crippen LogP contribution in [0.3, 0.4) is 0 Å². The number of carbonyl (C=O) groups excluding carboxylic acids is 2. The van der Waals surface area contributed by atoms with E-state index >= 15 is 0 Å². The highest BCUT2D eigenvalue weighted by Crippen LogP contribution is 2.32. The van der Waals surface area contributed by atoms with Gasteiger partial charge in [-0.05, 0) is 37.8 Å². The molecule has 0 spiro atoms. The number of aromatic nitrogens is 3. The zero-order chi connectivity index (χ0) is 25.2. The molecule has 0 aliphatic carbocycles. The van der Waals surface area contributed by atoms with E-state index in [1.807, 2.05) is 29.9 Å². The van der Waals surface area contributed by atoms with Crippen LogP contribution in [0.1, 0.15) is 53.9 Å². The van der Waals surface area contributed by atoms with Crippen molar-refractivity contribution < 1.29 is 14.3 Å². The number of fused-ring (bicyclic) bond motifs is 2. The lowest BCUT2D eigenvalue weighted by molar-refractivity contribution is 0.0947. The van der Waals surface area contributed by atoms with Gasteiger partial charge in [0.05, 0.1) is 29.4 Å². The number of nitrogens with zero attached hydrogens (tertiary/aromatic N) is 4. The number of piperidine rings is 1. The first-order valence-corrected chi connectivity index (χ1v) is 12.7. The van der Waals surface area contributed by atoms with Gasteiger partial charge in [0.15, 0.2) is 5.65 Å². The molecule has 36 heavy (non-hydrogen) atoms. The Morgan fingerprint density at radius 3 is 2.75 bits per heavy atom. The van der Waals surface area contributed by atoms with Crippen LogP contribution < -0.4 is 21.1 Å². The minimum atomic E-state index is -0.378. The number of hydrogen-bond donors (Lipinski definition) is 3. The van der Waals surface area contributed by atoms with Gasteiger partial charge in [-0.2, -0.15) is 5.10 Å². The number of aryl methyl sites for hydroxylation is 2. The number of benzene rings is 1. The molecule has 0 saturated carbocycles. The molecule has 4 heterocycles. The summed E-state index contributed by atoms with van der Waals surface area (Å²) in [6, 6.07) is 5.50. The molecule has 2 aromatic heterocycles. The van der Waals surface area contributed by atoms with Crippen molar-refractivity contribution in [3.63, 3.8) is 0 Å². The number of para-hydroxylation sites is 1. The van der Waals surface area contributed by atoms with E-state index in [-0.39, 0.29) is 18.0 Å². The molecule has 0 atom stereocenters. The first-order valence-electron chi connectivity index (χ1n) is 12.7. The van der Waals surface area contributed by atoms with Crippen LogP contribution in [0.4, 0.5) is 10.5 Å². The fraction of sp³-hybridized carbons (Fsp3) is 0.462. The Hall–Kier alpha value is -3.82. The Bertz CT molecular complexity index is 1290. The largest absolute Gasteiger partial charge is 0.492 e. The van der Waals surface area contributed by atoms with Gasteiger partial charge in [-0.25, -0.2) is 14.5 Å². The number of pyridine rings is 1. The maximum atomic E-state index is 13.2. The number of primary amides is 1. The van der Waals surface area contributed by atoms with Crippen molar-refractivity contribution in [3.8, 4) is 5.75 Å². The molecule has 0 bridgehead atoms. The molecule has 2 aliphatic rings. The zero-order valence-electron chi connectivity index (χ0n) is 20.8. The minimum absolute atomic E-state index is 0.166. The van der Waals surface area contributed by atoms with Crippen molar-refractivity contribution in [2.24, 2.45) is 5.73 Å². The maximum Gasteiger partial charge on any atom is 0.314 e. The number of amides is 3. The van der Waals surface area contributed by atoms with Crippen molar-refractivity contribution in [1.29, 1.82) is 0 Å². The minimum Gasteiger partial charge on any atom is -0.492 e. The smallest absolute Gasteiger partial charge is 0.314 e. The summed E-state index contributed by atoms with van der Waals surface area (Å²) in [6.45, 7) is 6.98. The SMILES string of the molecule is CCc1nc2c(cnn2CC)c(NC2CCN(C(N)=O)CC2)c1CNC(=O)c1cccc2c1OCC2. The summed E-state index contributed by atoms with van der Waals surface area (Å²) in [5.41, 5.74) is 10.7. The third-order valence-corrected chi connectivity index (χ3v) is 7.15. The number of urea groups is 1. The van der Waals surface area contributed by atoms with Gasteiger partial charge in [-0.1, -0.05) is 19.1 Å². The number of anilines is 1. The van der Waals surface area contributed by atoms with E-state index in [4.69, 9.17) is 15.5 Å². The second kappa shape index (κ2) is 10.0. The molecule has 0 unspecified atom stereocenters. The third kappa shape index (κ3) is 4.43. The number of hydrogen-bond acceptors (Lipinski definition) is 6. The van der Waals surface area contributed by atoms with Gasteiger partial charge < -0.3 is 26.0 Å². The van der Waals surface area contributed by atoms with Crippen LogP contribution >= 0.6 is 0 Å². The summed E-state index contributed by atoms with van der Waals surface area (Å²) in [5, 5.41) is 12.3. The van der Waals surface area contributed by atoms with Gasteiger partial charge in [0.1, 0.15) is 5.75 Å². The molecule has 3 amide bonds. The zero-order valence-corrected chi connectivity index (χ0v) is 20.8. The van der Waals surface area contributed by atoms with E-state index < -0.39 is 0 Å². The van der Waals surface area contributed by atoms with Crippen molar-refractivity contribution in [1.82, 2.24) is 25.0 Å². The lowest BCUT2D eigenvalue weighted by Crippen LogP contribution is -2.44. The van der Waals surface area contributed by atoms with Gasteiger partial charge >= 0.3 is 6.03 Å². The summed E-state index contributed by atoms with van der Waals surface area (Å²) < 4.78 is 7.63. The number of rotatable bonds is 7. The third-order valence-electron chi connectivity index (χ3n) is 7.15. The van der Waals surface area contributed by atoms with Crippen molar-refractivity contribution in [2.75, 3.05) is 25.0 Å². The number of ether oxygens (including phenoxy) is 1. The molecule has 1 fully saturated rings. The summed E-state index contributed by atoms with van der Waals surface area (Å²) in [6.07, 6.45) is 4.95. The van der Waals surface area contributed by atoms with Gasteiger partial charge in [0, 0.05) is 49.9 Å². The molecule has 10 nitrogen and oxygen atoms in total. The average Bonchev–Trinajstić information content (AvgIpc) is 3.54. The van der Waals surface area contributed by atoms with Crippen molar-refractivity contribution >= 4 is 28.7 Å². The molecule has 0 radical (unpaired) electrons. The molecule has 1 saturated heterocycles. The van der Waals surface area contributed by atoms with E-state index in [1.54, 1.807) is 11.0 Å². The standard InChI is InChI=1S/C26H33N7O3/c1-3-21-19(14-28-25(34)18-7-5-6-16-10-13-36-23(16)18)22(20-15-29-33(4-2)24(20)31-21)30-17-8-11-32(12-9-17)26(27)35/h5-7,15,17H,3-4,8-14H2,1-2H3,(H2,27,35)(H,28,34)(H,30,31). The second-order valence-electron chi connectivity index (χ2n) is 9.28. The van der Waals surface area contributed by atoms with Gasteiger partial charge in [-0.3, -0.25) is 4.79 Å². The number of nitrogens with one attached hydrogen (secondary N) is 2. The predicted molar refractivity (Wildman–Crippen MR) is 137 cm³/mol. The molecule has 3 aromatic rings. The maximum absolute atomic E-state index is 13.2. The fourth-order valence-electron chi connectivity index (χ4n) is 5.16. The van der Waals surface area contributed by atoms with Crippen LogP contribution in [-0.2, 0) is 25.9 Å². The molecule has 190 valence electrons. The molecular weight excluding hydrogens is 458 g/mol. The van der Waals surface area contributed by atoms with Crippen LogP contribution in [0.5, 0.6) is 5.75 Å². The van der Waals surface area contributed by atoms with Crippen LogP contribution in [0, 0.1) is 0 Å². The Morgan fingerprint density at radius 1 is 1.22 bits per heavy atom. The average molecular weight is 492 g/mol. The second-order valence-corrected chi connectivity index (χ2v) is 9.28. The highest BCUT2D eigenvalue weighted by molar-refractivity contribution is 5.98. The Balaban J connectivity index is 1.45. The van der Waals surface area contributed by atoms with Crippen molar-refractivity contribution in [3.05, 3.63) is 46.8 Å². The molecule has 2 aliphatic heterocycles. The fourth-order valence-corrected chi connectivity index (χ4v) is 5.16. The van der Waals surface area contributed by atoms with Crippen LogP contribution in [0.2, 0.25) is 0 Å². The summed E-state index contributed by atoms with van der Waals surface area (Å²) in [4.78, 5) is 31.4. The summed E-state index contributed by atoms with van der Waals surface area (Å²) >= 11 is 0. The molecular formula is C26H33N7O3. The summed E-state index contributed by atoms with van der Waals surface area (Å²) in [5.74, 6) is 0.518. The van der Waals surface area contributed by atoms with Crippen LogP contribution in [-0.4, -0.2) is 57.3 Å². The van der Waals surface area contributed by atoms with Crippen LogP contribution in [0.25, 0.3) is 11.0 Å². The van der Waals surface area contributed by atoms with E-state index in [9.17, 15) is 9.59 Å². The van der Waals surface area contributed by atoms with E-state index in [0.717, 1.165) is 52.8 Å². The number of likely N-dealkylation sites (tertiary alicyclic amines) is 1. The Labute approximate surface area is 210 Å². The highest BCUT2D eigenvalue weighted by Gasteiger charge is 2.26. The van der Waals surface area contributed by atoms with Gasteiger partial charge in [0.2, 0.25) is 0 Å². The monoisotopic (exact) mass is 491 g/mol. The highest BCUT2D eigenvalue weighted by atomic mass is 16.5. The summed E-state index contributed by atoms with van der Waals surface area (Å²) in [7, 11) is 0. The predicted octanol–water partition coefficient (Wildman–Crippen LogP) is 2.83. The Morgan fingerprint density at radius 2 is 2.03 bits per heavy atom. The molecule has 10 heteroatoms. The first-order chi connectivity index (χ1) is 17.5. The number of carbonyl (C=O) groups is 2. The first kappa shape index (κ1) is 23.9. The Kier molecular flexibility index (Phi) is 6.67. The van der Waals surface area contributed by atoms with Gasteiger partial charge in [0.25, 0.3) is 5.91 Å². The van der Waals surface area contributed by atoms with Gasteiger partial charge in [-0.15, -0.1) is 0 Å². The molecule has 4 N–H and O–H groups in total. The molecule has 5 rings (SSSR count). The lowest BCUT2D eigenvalue weighted by Gasteiger charge is -2.32. The number of nitrogens with two attached hydrogens (primary N) is 1. The van der Waals surface area contributed by atoms with E-state index in [0.29, 0.717) is 50.5 Å². The van der Waals surface area contributed by atoms with Crippen LogP contribution in [0.15, 0.2) is 24.4 Å². The van der Waals surface area contributed by atoms with E-state index in [1.165, 1.54) is 0 Å². The normalized spacial score (nSPS) is 15.6. The van der Waals surface area contributed by atoms with Crippen molar-refractivity contribution in [2.45, 2.75) is 58.7 Å².